The number of nitrogens with zero attached hydrogens (tertiary/aromatic N) is 2. The van der Waals surface area contributed by atoms with Gasteiger partial charge in [0.2, 0.25) is 0 Å². The number of hydrogen-bond acceptors (Lipinski definition) is 4. The van der Waals surface area contributed by atoms with Crippen molar-refractivity contribution in [1.29, 1.82) is 5.26 Å². The molecule has 0 unspecified atom stereocenters. The van der Waals surface area contributed by atoms with Gasteiger partial charge in [-0.3, -0.25) is 0 Å². The predicted molar refractivity (Wildman–Crippen MR) is 113 cm³/mol. The van der Waals surface area contributed by atoms with Crippen LogP contribution in [0.5, 0.6) is 0 Å². The first kappa shape index (κ1) is 21.0. The van der Waals surface area contributed by atoms with E-state index in [-0.39, 0.29) is 25.9 Å². The van der Waals surface area contributed by atoms with E-state index in [0.29, 0.717) is 22.6 Å². The molecule has 2 fully saturated rings. The van der Waals surface area contributed by atoms with Crippen molar-refractivity contribution in [2.45, 2.75) is 50.6 Å². The van der Waals surface area contributed by atoms with Gasteiger partial charge in [-0.15, -0.1) is 0 Å². The van der Waals surface area contributed by atoms with Crippen molar-refractivity contribution in [2.75, 3.05) is 13.1 Å². The number of aryl methyl sites for hydroxylation is 1. The summed E-state index contributed by atoms with van der Waals surface area (Å²) >= 11 is 0. The number of amides is 1. The van der Waals surface area contributed by atoms with Crippen LogP contribution in [0.1, 0.15) is 71.1 Å². The largest absolute Gasteiger partial charge is 0.417 e. The summed E-state index contributed by atoms with van der Waals surface area (Å²) in [6, 6.07) is 14.1. The second-order valence-corrected chi connectivity index (χ2v) is 8.35. The Morgan fingerprint density at radius 1 is 1.16 bits per heavy atom. The van der Waals surface area contributed by atoms with Crippen LogP contribution in [0.25, 0.3) is 0 Å². The van der Waals surface area contributed by atoms with Crippen molar-refractivity contribution < 1.29 is 18.7 Å². The smallest absolute Gasteiger partial charge is 0.372 e. The average Bonchev–Trinajstić information content (AvgIpc) is 3.64. The summed E-state index contributed by atoms with van der Waals surface area (Å²) in [6.45, 7) is 2.38. The van der Waals surface area contributed by atoms with E-state index in [4.69, 9.17) is 10.00 Å². The highest BCUT2D eigenvalue weighted by Crippen LogP contribution is 2.42. The molecule has 4 rings (SSSR count). The van der Waals surface area contributed by atoms with Gasteiger partial charge in [-0.25, -0.2) is 14.0 Å². The lowest BCUT2D eigenvalue weighted by molar-refractivity contribution is 0.0353. The lowest BCUT2D eigenvalue weighted by atomic mass is 9.86. The number of likely N-dealkylation sites (tertiary alicyclic amines) is 1. The Bertz CT molecular complexity index is 1030. The third-order valence-corrected chi connectivity index (χ3v) is 6.29. The fourth-order valence-electron chi connectivity index (χ4n) is 4.12. The number of esters is 1. The lowest BCUT2D eigenvalue weighted by Gasteiger charge is -2.36. The molecule has 0 atom stereocenters. The van der Waals surface area contributed by atoms with Gasteiger partial charge in [-0.05, 0) is 60.1 Å². The number of halogens is 1. The van der Waals surface area contributed by atoms with Crippen LogP contribution in [-0.2, 0) is 16.8 Å². The van der Waals surface area contributed by atoms with Gasteiger partial charge in [0.25, 0.3) is 0 Å². The SMILES string of the molecule is CCc1ccc(C(=O)OC(=O)N2CCC(F)(c3ccc(C#N)cc3)CC2)c(C2CC2)c1. The van der Waals surface area contributed by atoms with Crippen LogP contribution >= 0.6 is 0 Å². The van der Waals surface area contributed by atoms with Gasteiger partial charge in [0.15, 0.2) is 0 Å². The molecule has 2 aromatic rings. The number of carbonyl (C=O) groups is 2. The maximum atomic E-state index is 15.4. The van der Waals surface area contributed by atoms with E-state index in [2.05, 4.69) is 6.92 Å². The van der Waals surface area contributed by atoms with Gasteiger partial charge in [-0.2, -0.15) is 5.26 Å². The minimum Gasteiger partial charge on any atom is -0.372 e. The van der Waals surface area contributed by atoms with Crippen molar-refractivity contribution >= 4 is 12.1 Å². The number of alkyl halides is 1. The summed E-state index contributed by atoms with van der Waals surface area (Å²) in [4.78, 5) is 26.6. The minimum absolute atomic E-state index is 0.112. The quantitative estimate of drug-likeness (QED) is 0.501. The van der Waals surface area contributed by atoms with Crippen LogP contribution in [0.4, 0.5) is 9.18 Å². The summed E-state index contributed by atoms with van der Waals surface area (Å²) in [7, 11) is 0. The van der Waals surface area contributed by atoms with Crippen LogP contribution in [0, 0.1) is 11.3 Å². The molecule has 1 saturated carbocycles. The highest BCUT2D eigenvalue weighted by atomic mass is 19.1. The molecule has 2 aromatic carbocycles. The van der Waals surface area contributed by atoms with Crippen molar-refractivity contribution in [3.63, 3.8) is 0 Å². The third-order valence-electron chi connectivity index (χ3n) is 6.29. The van der Waals surface area contributed by atoms with E-state index in [1.165, 1.54) is 4.90 Å². The maximum absolute atomic E-state index is 15.4. The van der Waals surface area contributed by atoms with Gasteiger partial charge in [-0.1, -0.05) is 31.2 Å². The number of ether oxygens (including phenoxy) is 1. The van der Waals surface area contributed by atoms with Crippen molar-refractivity contribution in [1.82, 2.24) is 4.90 Å². The highest BCUT2D eigenvalue weighted by Gasteiger charge is 2.38. The number of nitriles is 1. The van der Waals surface area contributed by atoms with E-state index >= 15 is 4.39 Å². The molecule has 1 heterocycles. The van der Waals surface area contributed by atoms with Crippen molar-refractivity contribution in [3.05, 3.63) is 70.3 Å². The van der Waals surface area contributed by atoms with E-state index in [9.17, 15) is 9.59 Å². The molecule has 0 radical (unpaired) electrons. The van der Waals surface area contributed by atoms with E-state index in [1.54, 1.807) is 30.3 Å². The number of rotatable bonds is 4. The monoisotopic (exact) mass is 420 g/mol. The summed E-state index contributed by atoms with van der Waals surface area (Å²) in [5, 5.41) is 8.90. The zero-order valence-electron chi connectivity index (χ0n) is 17.6. The first-order valence-corrected chi connectivity index (χ1v) is 10.8. The molecular weight excluding hydrogens is 395 g/mol. The Labute approximate surface area is 181 Å². The molecule has 0 spiro atoms. The Morgan fingerprint density at radius 3 is 2.42 bits per heavy atom. The lowest BCUT2D eigenvalue weighted by Crippen LogP contribution is -2.44. The van der Waals surface area contributed by atoms with Crippen LogP contribution < -0.4 is 0 Å². The van der Waals surface area contributed by atoms with Crippen LogP contribution in [-0.4, -0.2) is 30.1 Å². The molecule has 160 valence electrons. The molecule has 1 aliphatic heterocycles. The number of benzene rings is 2. The maximum Gasteiger partial charge on any atom is 0.417 e. The van der Waals surface area contributed by atoms with Crippen LogP contribution in [0.2, 0.25) is 0 Å². The Hall–Kier alpha value is -3.20. The molecule has 1 saturated heterocycles. The third kappa shape index (κ3) is 4.46. The van der Waals surface area contributed by atoms with Gasteiger partial charge in [0.05, 0.1) is 17.2 Å². The van der Waals surface area contributed by atoms with Gasteiger partial charge in [0.1, 0.15) is 5.67 Å². The van der Waals surface area contributed by atoms with Crippen LogP contribution in [0.15, 0.2) is 42.5 Å². The Kier molecular flexibility index (Phi) is 5.77. The van der Waals surface area contributed by atoms with Gasteiger partial charge >= 0.3 is 12.1 Å². The standard InChI is InChI=1S/C25H25FN2O3/c1-2-17-5-10-21(22(15-17)19-6-7-19)23(29)31-24(30)28-13-11-25(26,12-14-28)20-8-3-18(16-27)4-9-20/h3-5,8-10,15,19H,2,6-7,11-14H2,1H3. The number of hydrogen-bond donors (Lipinski definition) is 0. The normalized spacial score (nSPS) is 17.6. The van der Waals surface area contributed by atoms with Gasteiger partial charge < -0.3 is 9.64 Å². The first-order valence-electron chi connectivity index (χ1n) is 10.8. The molecule has 0 N–H and O–H groups in total. The average molecular weight is 420 g/mol. The fourth-order valence-corrected chi connectivity index (χ4v) is 4.12. The number of piperidine rings is 1. The van der Waals surface area contributed by atoms with E-state index < -0.39 is 17.7 Å². The molecule has 31 heavy (non-hydrogen) atoms. The summed E-state index contributed by atoms with van der Waals surface area (Å²) < 4.78 is 20.6. The summed E-state index contributed by atoms with van der Waals surface area (Å²) in [6.07, 6.45) is 2.46. The fraction of sp³-hybridized carbons (Fsp3) is 0.400. The van der Waals surface area contributed by atoms with Crippen molar-refractivity contribution in [3.8, 4) is 6.07 Å². The molecule has 2 aliphatic rings. The predicted octanol–water partition coefficient (Wildman–Crippen LogP) is 5.24. The second kappa shape index (κ2) is 8.50. The zero-order valence-corrected chi connectivity index (χ0v) is 17.6. The molecule has 1 aliphatic carbocycles. The molecule has 0 bridgehead atoms. The topological polar surface area (TPSA) is 70.4 Å². The molecule has 5 nitrogen and oxygen atoms in total. The molecular formula is C25H25FN2O3. The minimum atomic E-state index is -1.57. The molecule has 0 aromatic heterocycles. The van der Waals surface area contributed by atoms with E-state index in [1.807, 2.05) is 18.2 Å². The number of carbonyl (C=O) groups excluding carboxylic acids is 2. The van der Waals surface area contributed by atoms with Crippen molar-refractivity contribution in [2.24, 2.45) is 0 Å². The first-order chi connectivity index (χ1) is 14.9. The van der Waals surface area contributed by atoms with Crippen LogP contribution in [0.3, 0.4) is 0 Å². The summed E-state index contributed by atoms with van der Waals surface area (Å²) in [5.41, 5.74) is 1.97. The zero-order chi connectivity index (χ0) is 22.0. The van der Waals surface area contributed by atoms with Gasteiger partial charge in [0, 0.05) is 25.9 Å². The molecule has 6 heteroatoms. The Balaban J connectivity index is 1.39. The summed E-state index contributed by atoms with van der Waals surface area (Å²) in [5.74, 6) is -0.280. The van der Waals surface area contributed by atoms with E-state index in [0.717, 1.165) is 30.4 Å². The highest BCUT2D eigenvalue weighted by molar-refractivity contribution is 5.98. The Morgan fingerprint density at radius 2 is 1.84 bits per heavy atom. The molecule has 1 amide bonds. The second-order valence-electron chi connectivity index (χ2n) is 8.35.